The Balaban J connectivity index is 2.06. The number of aromatic nitrogens is 1. The van der Waals surface area contributed by atoms with Crippen LogP contribution in [0.3, 0.4) is 0 Å². The Morgan fingerprint density at radius 3 is 2.82 bits per heavy atom. The van der Waals surface area contributed by atoms with Gasteiger partial charge in [-0.2, -0.15) is 0 Å². The summed E-state index contributed by atoms with van der Waals surface area (Å²) in [6.45, 7) is 4.64. The van der Waals surface area contributed by atoms with E-state index in [-0.39, 0.29) is 0 Å². The highest BCUT2D eigenvalue weighted by molar-refractivity contribution is 5.38. The lowest BCUT2D eigenvalue weighted by molar-refractivity contribution is 0.271. The van der Waals surface area contributed by atoms with Gasteiger partial charge in [-0.3, -0.25) is 4.98 Å². The molecule has 1 nitrogen and oxygen atoms in total. The van der Waals surface area contributed by atoms with Gasteiger partial charge in [-0.05, 0) is 60.6 Å². The molecule has 17 heavy (non-hydrogen) atoms. The zero-order valence-electron chi connectivity index (χ0n) is 11.1. The molecule has 0 bridgehead atoms. The van der Waals surface area contributed by atoms with Crippen LogP contribution in [0.1, 0.15) is 74.6 Å². The second kappa shape index (κ2) is 4.44. The van der Waals surface area contributed by atoms with Crippen molar-refractivity contribution in [3.05, 3.63) is 29.1 Å². The fourth-order valence-corrected chi connectivity index (χ4v) is 3.92. The molecular formula is C16H23N. The van der Waals surface area contributed by atoms with Gasteiger partial charge in [-0.15, -0.1) is 0 Å². The number of hydrogen-bond donors (Lipinski definition) is 0. The molecule has 1 aromatic rings. The minimum atomic E-state index is 0.646. The first-order chi connectivity index (χ1) is 8.27. The highest BCUT2D eigenvalue weighted by Gasteiger charge is 2.33. The van der Waals surface area contributed by atoms with Crippen LogP contribution < -0.4 is 0 Å². The lowest BCUT2D eigenvalue weighted by Crippen LogP contribution is -2.26. The van der Waals surface area contributed by atoms with E-state index in [0.29, 0.717) is 5.92 Å². The van der Waals surface area contributed by atoms with Gasteiger partial charge in [0.15, 0.2) is 0 Å². The molecule has 0 radical (unpaired) electrons. The van der Waals surface area contributed by atoms with Crippen LogP contribution >= 0.6 is 0 Å². The number of pyridine rings is 1. The van der Waals surface area contributed by atoms with E-state index < -0.39 is 0 Å². The summed E-state index contributed by atoms with van der Waals surface area (Å²) in [7, 11) is 0. The molecule has 0 amide bonds. The molecule has 0 N–H and O–H groups in total. The van der Waals surface area contributed by atoms with Gasteiger partial charge in [0.2, 0.25) is 0 Å². The maximum atomic E-state index is 4.65. The van der Waals surface area contributed by atoms with Gasteiger partial charge < -0.3 is 0 Å². The van der Waals surface area contributed by atoms with E-state index in [9.17, 15) is 0 Å². The van der Waals surface area contributed by atoms with Crippen LogP contribution in [0.4, 0.5) is 0 Å². The molecule has 1 heterocycles. The Labute approximate surface area is 105 Å². The highest BCUT2D eigenvalue weighted by atomic mass is 14.7. The van der Waals surface area contributed by atoms with Crippen molar-refractivity contribution in [2.45, 2.75) is 64.2 Å². The first-order valence-electron chi connectivity index (χ1n) is 7.25. The van der Waals surface area contributed by atoms with Crippen molar-refractivity contribution in [3.8, 4) is 0 Å². The molecule has 0 saturated heterocycles. The quantitative estimate of drug-likeness (QED) is 0.694. The Hall–Kier alpha value is -0.850. The Kier molecular flexibility index (Phi) is 2.94. The summed E-state index contributed by atoms with van der Waals surface area (Å²) in [6, 6.07) is 2.26. The Morgan fingerprint density at radius 2 is 2.00 bits per heavy atom. The second-order valence-electron chi connectivity index (χ2n) is 6.10. The highest BCUT2D eigenvalue weighted by Crippen LogP contribution is 2.46. The molecule has 0 aliphatic heterocycles. The molecule has 1 fully saturated rings. The number of rotatable bonds is 1. The Bertz CT molecular complexity index is 408. The minimum Gasteiger partial charge on any atom is -0.261 e. The van der Waals surface area contributed by atoms with Gasteiger partial charge in [0.1, 0.15) is 0 Å². The summed E-state index contributed by atoms with van der Waals surface area (Å²) in [5, 5.41) is 0. The van der Waals surface area contributed by atoms with Crippen LogP contribution in [0.2, 0.25) is 0 Å². The molecule has 2 atom stereocenters. The van der Waals surface area contributed by atoms with Gasteiger partial charge in [0.25, 0.3) is 0 Å². The molecule has 3 rings (SSSR count). The maximum Gasteiger partial charge on any atom is 0.0441 e. The normalized spacial score (nSPS) is 27.7. The second-order valence-corrected chi connectivity index (χ2v) is 6.10. The van der Waals surface area contributed by atoms with E-state index in [1.54, 1.807) is 11.1 Å². The lowest BCUT2D eigenvalue weighted by atomic mass is 9.67. The molecule has 2 aliphatic rings. The van der Waals surface area contributed by atoms with Crippen molar-refractivity contribution in [2.24, 2.45) is 5.92 Å². The molecular weight excluding hydrogens is 206 g/mol. The molecule has 0 spiro atoms. The third-order valence-electron chi connectivity index (χ3n) is 4.76. The van der Waals surface area contributed by atoms with E-state index in [1.165, 1.54) is 44.2 Å². The molecule has 92 valence electrons. The lowest BCUT2D eigenvalue weighted by Gasteiger charge is -2.38. The fourth-order valence-electron chi connectivity index (χ4n) is 3.92. The zero-order valence-corrected chi connectivity index (χ0v) is 11.1. The minimum absolute atomic E-state index is 0.646. The van der Waals surface area contributed by atoms with Crippen LogP contribution in [0.5, 0.6) is 0 Å². The monoisotopic (exact) mass is 229 g/mol. The molecule has 1 heteroatoms. The maximum absolute atomic E-state index is 4.65. The number of hydrogen-bond acceptors (Lipinski definition) is 1. The average molecular weight is 229 g/mol. The largest absolute Gasteiger partial charge is 0.261 e. The van der Waals surface area contributed by atoms with Crippen molar-refractivity contribution >= 4 is 0 Å². The van der Waals surface area contributed by atoms with Gasteiger partial charge in [-0.1, -0.05) is 26.7 Å². The summed E-state index contributed by atoms with van der Waals surface area (Å²) in [5.74, 6) is 2.43. The van der Waals surface area contributed by atoms with Gasteiger partial charge in [0, 0.05) is 11.9 Å². The first kappa shape index (κ1) is 11.3. The first-order valence-corrected chi connectivity index (χ1v) is 7.25. The summed E-state index contributed by atoms with van der Waals surface area (Å²) in [6.07, 6.45) is 10.4. The van der Waals surface area contributed by atoms with Crippen molar-refractivity contribution in [3.63, 3.8) is 0 Å². The van der Waals surface area contributed by atoms with Gasteiger partial charge in [-0.25, -0.2) is 0 Å². The zero-order chi connectivity index (χ0) is 11.8. The molecule has 2 aliphatic carbocycles. The van der Waals surface area contributed by atoms with E-state index in [2.05, 4.69) is 24.9 Å². The van der Waals surface area contributed by atoms with Gasteiger partial charge >= 0.3 is 0 Å². The van der Waals surface area contributed by atoms with Crippen LogP contribution in [-0.2, 0) is 6.42 Å². The van der Waals surface area contributed by atoms with E-state index in [4.69, 9.17) is 0 Å². The molecule has 2 unspecified atom stereocenters. The van der Waals surface area contributed by atoms with E-state index in [1.807, 2.05) is 6.20 Å². The van der Waals surface area contributed by atoms with Crippen molar-refractivity contribution in [1.29, 1.82) is 0 Å². The standard InChI is InChI=1S/C16H23N/c1-11(2)13-9-10-17-15-8-7-12-5-3-4-6-14(12)16(13)15/h9-12,14H,3-8H2,1-2H3. The van der Waals surface area contributed by atoms with Crippen LogP contribution in [0.15, 0.2) is 12.3 Å². The summed E-state index contributed by atoms with van der Waals surface area (Å²) in [4.78, 5) is 4.65. The fraction of sp³-hybridized carbons (Fsp3) is 0.688. The van der Waals surface area contributed by atoms with Crippen LogP contribution in [0.25, 0.3) is 0 Å². The summed E-state index contributed by atoms with van der Waals surface area (Å²) in [5.41, 5.74) is 4.64. The predicted molar refractivity (Wildman–Crippen MR) is 71.3 cm³/mol. The summed E-state index contributed by atoms with van der Waals surface area (Å²) >= 11 is 0. The summed E-state index contributed by atoms with van der Waals surface area (Å²) < 4.78 is 0. The van der Waals surface area contributed by atoms with Crippen molar-refractivity contribution < 1.29 is 0 Å². The topological polar surface area (TPSA) is 12.9 Å². The number of aryl methyl sites for hydroxylation is 1. The van der Waals surface area contributed by atoms with Gasteiger partial charge in [0.05, 0.1) is 0 Å². The average Bonchev–Trinajstić information content (AvgIpc) is 2.37. The third kappa shape index (κ3) is 1.90. The smallest absolute Gasteiger partial charge is 0.0441 e. The molecule has 1 aromatic heterocycles. The van der Waals surface area contributed by atoms with Crippen molar-refractivity contribution in [1.82, 2.24) is 4.98 Å². The third-order valence-corrected chi connectivity index (χ3v) is 4.76. The Morgan fingerprint density at radius 1 is 1.18 bits per heavy atom. The van der Waals surface area contributed by atoms with E-state index >= 15 is 0 Å². The number of fused-ring (bicyclic) bond motifs is 3. The van der Waals surface area contributed by atoms with Crippen LogP contribution in [-0.4, -0.2) is 4.98 Å². The molecule has 1 saturated carbocycles. The molecule has 0 aromatic carbocycles. The SMILES string of the molecule is CC(C)c1ccnc2c1C1CCCCC1CC2. The predicted octanol–water partition coefficient (Wildman–Crippen LogP) is 4.43. The number of nitrogens with zero attached hydrogens (tertiary/aromatic N) is 1. The van der Waals surface area contributed by atoms with Crippen molar-refractivity contribution in [2.75, 3.05) is 0 Å². The van der Waals surface area contributed by atoms with Crippen LogP contribution in [0, 0.1) is 5.92 Å². The van der Waals surface area contributed by atoms with E-state index in [0.717, 1.165) is 11.8 Å².